The van der Waals surface area contributed by atoms with Gasteiger partial charge in [0.2, 0.25) is 5.78 Å². The van der Waals surface area contributed by atoms with Gasteiger partial charge < -0.3 is 5.11 Å². The van der Waals surface area contributed by atoms with Crippen LogP contribution in [0.1, 0.15) is 20.3 Å². The highest BCUT2D eigenvalue weighted by Crippen LogP contribution is 2.16. The molecule has 0 amide bonds. The molecule has 1 N–H and O–H groups in total. The van der Waals surface area contributed by atoms with Crippen molar-refractivity contribution < 1.29 is 19.6 Å². The molecule has 0 spiro atoms. The number of hydrogen-bond donors (Lipinski definition) is 1. The molecule has 0 aliphatic heterocycles. The first kappa shape index (κ1) is 10.5. The van der Waals surface area contributed by atoms with Gasteiger partial charge in [-0.15, -0.1) is 0 Å². The van der Waals surface area contributed by atoms with Gasteiger partial charge >= 0.3 is 11.5 Å². The van der Waals surface area contributed by atoms with Crippen molar-refractivity contribution in [1.82, 2.24) is 0 Å². The molecule has 6 heteroatoms. The second-order valence-electron chi connectivity index (χ2n) is 2.33. The van der Waals surface area contributed by atoms with Crippen LogP contribution in [0.4, 0.5) is 0 Å². The third kappa shape index (κ3) is 1.27. The first-order valence-corrected chi connectivity index (χ1v) is 3.28. The summed E-state index contributed by atoms with van der Waals surface area (Å²) in [6.45, 7) is 2.19. The number of carboxylic acids is 1. The van der Waals surface area contributed by atoms with E-state index in [2.05, 4.69) is 0 Å². The van der Waals surface area contributed by atoms with Crippen molar-refractivity contribution >= 4 is 11.8 Å². The molecule has 68 valence electrons. The molecule has 0 aromatic rings. The third-order valence-electron chi connectivity index (χ3n) is 1.76. The molecule has 0 rings (SSSR count). The highest BCUT2D eigenvalue weighted by molar-refractivity contribution is 6.04. The number of hydrogen-bond acceptors (Lipinski definition) is 4. The van der Waals surface area contributed by atoms with Gasteiger partial charge in [0.25, 0.3) is 0 Å². The Balaban J connectivity index is 5.19. The number of rotatable bonds is 4. The predicted molar refractivity (Wildman–Crippen MR) is 38.3 cm³/mol. The van der Waals surface area contributed by atoms with Crippen LogP contribution in [0.2, 0.25) is 0 Å². The van der Waals surface area contributed by atoms with E-state index in [1.54, 1.807) is 0 Å². The summed E-state index contributed by atoms with van der Waals surface area (Å²) in [6.07, 6.45) is -0.343. The molecule has 12 heavy (non-hydrogen) atoms. The Morgan fingerprint density at radius 1 is 1.58 bits per heavy atom. The lowest BCUT2D eigenvalue weighted by Gasteiger charge is -2.14. The van der Waals surface area contributed by atoms with Gasteiger partial charge in [0, 0.05) is 18.3 Å². The monoisotopic (exact) mass is 175 g/mol. The number of nitrogens with zero attached hydrogens (tertiary/aromatic N) is 1. The fourth-order valence-corrected chi connectivity index (χ4v) is 0.887. The summed E-state index contributed by atoms with van der Waals surface area (Å²) in [7, 11) is 0. The fraction of sp³-hybridized carbons (Fsp3) is 0.667. The Morgan fingerprint density at radius 2 is 2.00 bits per heavy atom. The lowest BCUT2D eigenvalue weighted by molar-refractivity contribution is -0.538. The van der Waals surface area contributed by atoms with Crippen molar-refractivity contribution in [3.8, 4) is 0 Å². The quantitative estimate of drug-likeness (QED) is 0.371. The van der Waals surface area contributed by atoms with Crippen molar-refractivity contribution in [2.24, 2.45) is 0 Å². The number of carboxylic acid groups (broad SMARTS) is 1. The zero-order chi connectivity index (χ0) is 9.94. The van der Waals surface area contributed by atoms with Crippen LogP contribution >= 0.6 is 0 Å². The second kappa shape index (κ2) is 3.29. The van der Waals surface area contributed by atoms with Crippen LogP contribution in [0.25, 0.3) is 0 Å². The van der Waals surface area contributed by atoms with Crippen LogP contribution in [-0.2, 0) is 9.59 Å². The zero-order valence-corrected chi connectivity index (χ0v) is 6.73. The van der Waals surface area contributed by atoms with Crippen molar-refractivity contribution in [3.05, 3.63) is 10.1 Å². The van der Waals surface area contributed by atoms with E-state index >= 15 is 0 Å². The summed E-state index contributed by atoms with van der Waals surface area (Å²) in [5.41, 5.74) is -2.46. The maximum atomic E-state index is 10.8. The van der Waals surface area contributed by atoms with E-state index in [0.717, 1.165) is 6.92 Å². The molecule has 0 saturated carbocycles. The molecule has 0 aromatic heterocycles. The molecule has 0 fully saturated rings. The number of aliphatic carboxylic acids is 1. The van der Waals surface area contributed by atoms with Gasteiger partial charge in [-0.1, -0.05) is 6.92 Å². The van der Waals surface area contributed by atoms with E-state index in [0.29, 0.717) is 0 Å². The maximum Gasteiger partial charge on any atom is 0.390 e. The summed E-state index contributed by atoms with van der Waals surface area (Å²) in [5, 5.41) is 18.8. The summed E-state index contributed by atoms with van der Waals surface area (Å²) in [5.74, 6) is -2.66. The molecule has 0 aromatic carbocycles. The van der Waals surface area contributed by atoms with Crippen LogP contribution < -0.4 is 0 Å². The normalized spacial score (nSPS) is 14.8. The van der Waals surface area contributed by atoms with Crippen LogP contribution in [0, 0.1) is 10.1 Å². The first-order valence-electron chi connectivity index (χ1n) is 3.28. The van der Waals surface area contributed by atoms with Crippen molar-refractivity contribution in [1.29, 1.82) is 0 Å². The molecule has 6 nitrogen and oxygen atoms in total. The lowest BCUT2D eigenvalue weighted by atomic mass is 9.93. The van der Waals surface area contributed by atoms with Crippen LogP contribution in [-0.4, -0.2) is 27.3 Å². The van der Waals surface area contributed by atoms with Crippen LogP contribution in [0.3, 0.4) is 0 Å². The van der Waals surface area contributed by atoms with Gasteiger partial charge in [-0.2, -0.15) is 0 Å². The molecular weight excluding hydrogens is 166 g/mol. The average molecular weight is 175 g/mol. The standard InChI is InChI=1S/C6H9NO5/c1-3-6(4(2)8,5(9)10)7(11)12/h3H2,1-2H3,(H,9,10). The first-order chi connectivity index (χ1) is 5.39. The number of Topliss-reactive ketones (excluding diaryl/α,β-unsaturated/α-hetero) is 1. The van der Waals surface area contributed by atoms with Gasteiger partial charge in [-0.05, 0) is 0 Å². The highest BCUT2D eigenvalue weighted by atomic mass is 16.6. The van der Waals surface area contributed by atoms with E-state index in [4.69, 9.17) is 5.11 Å². The van der Waals surface area contributed by atoms with Gasteiger partial charge in [0.05, 0.1) is 0 Å². The molecular formula is C6H9NO5. The SMILES string of the molecule is CCC(C(C)=O)(C(=O)O)[N+](=O)[O-]. The summed E-state index contributed by atoms with van der Waals surface area (Å²) >= 11 is 0. The number of carbonyl (C=O) groups is 2. The molecule has 0 radical (unpaired) electrons. The van der Waals surface area contributed by atoms with E-state index in [9.17, 15) is 19.7 Å². The molecule has 0 bridgehead atoms. The summed E-state index contributed by atoms with van der Waals surface area (Å²) in [6, 6.07) is 0. The van der Waals surface area contributed by atoms with Gasteiger partial charge in [-0.3, -0.25) is 14.9 Å². The van der Waals surface area contributed by atoms with Crippen molar-refractivity contribution in [2.45, 2.75) is 25.8 Å². The molecule has 0 aliphatic carbocycles. The van der Waals surface area contributed by atoms with E-state index in [-0.39, 0.29) is 6.42 Å². The number of ketones is 1. The predicted octanol–water partition coefficient (Wildman–Crippen LogP) is 0.0855. The fourth-order valence-electron chi connectivity index (χ4n) is 0.887. The molecule has 0 saturated heterocycles. The Morgan fingerprint density at radius 3 is 2.00 bits per heavy atom. The second-order valence-corrected chi connectivity index (χ2v) is 2.33. The summed E-state index contributed by atoms with van der Waals surface area (Å²) < 4.78 is 0. The minimum Gasteiger partial charge on any atom is -0.476 e. The Bertz CT molecular complexity index is 198. The molecule has 0 heterocycles. The van der Waals surface area contributed by atoms with Gasteiger partial charge in [-0.25, -0.2) is 4.79 Å². The average Bonchev–Trinajstić information content (AvgIpc) is 1.86. The lowest BCUT2D eigenvalue weighted by Crippen LogP contribution is -2.51. The van der Waals surface area contributed by atoms with Crippen molar-refractivity contribution in [2.75, 3.05) is 0 Å². The summed E-state index contributed by atoms with van der Waals surface area (Å²) in [4.78, 5) is 30.5. The van der Waals surface area contributed by atoms with Crippen molar-refractivity contribution in [3.63, 3.8) is 0 Å². The number of nitro groups is 1. The number of carbonyl (C=O) groups excluding carboxylic acids is 1. The van der Waals surface area contributed by atoms with Crippen LogP contribution in [0.15, 0.2) is 0 Å². The highest BCUT2D eigenvalue weighted by Gasteiger charge is 2.54. The zero-order valence-electron chi connectivity index (χ0n) is 6.73. The van der Waals surface area contributed by atoms with E-state index < -0.39 is 22.2 Å². The Kier molecular flexibility index (Phi) is 2.89. The maximum absolute atomic E-state index is 10.8. The molecule has 0 aliphatic rings. The Labute approximate surface area is 68.3 Å². The topological polar surface area (TPSA) is 97.5 Å². The van der Waals surface area contributed by atoms with Crippen LogP contribution in [0.5, 0.6) is 0 Å². The van der Waals surface area contributed by atoms with E-state index in [1.807, 2.05) is 0 Å². The minimum absolute atomic E-state index is 0.343. The third-order valence-corrected chi connectivity index (χ3v) is 1.76. The van der Waals surface area contributed by atoms with Gasteiger partial charge in [0.15, 0.2) is 0 Å². The largest absolute Gasteiger partial charge is 0.476 e. The van der Waals surface area contributed by atoms with Gasteiger partial charge in [0.1, 0.15) is 0 Å². The minimum atomic E-state index is -2.46. The molecule has 1 atom stereocenters. The molecule has 1 unspecified atom stereocenters. The Hall–Kier alpha value is -1.46. The van der Waals surface area contributed by atoms with E-state index in [1.165, 1.54) is 6.92 Å². The smallest absolute Gasteiger partial charge is 0.390 e.